The number of hydrogen-bond acceptors (Lipinski definition) is 4. The molecule has 118 valence electrons. The van der Waals surface area contributed by atoms with Gasteiger partial charge in [0.25, 0.3) is 0 Å². The van der Waals surface area contributed by atoms with Crippen molar-refractivity contribution in [1.82, 2.24) is 15.1 Å². The molecule has 2 aliphatic heterocycles. The first-order valence-electron chi connectivity index (χ1n) is 7.48. The Morgan fingerprint density at radius 1 is 1.48 bits per heavy atom. The van der Waals surface area contributed by atoms with Crippen molar-refractivity contribution in [3.8, 4) is 0 Å². The normalized spacial score (nSPS) is 19.2. The Kier molecular flexibility index (Phi) is 6.05. The lowest BCUT2D eigenvalue weighted by molar-refractivity contribution is -0.133. The van der Waals surface area contributed by atoms with Crippen molar-refractivity contribution in [1.29, 1.82) is 0 Å². The van der Waals surface area contributed by atoms with E-state index >= 15 is 0 Å². The number of hydrogen-bond donors (Lipinski definition) is 1. The summed E-state index contributed by atoms with van der Waals surface area (Å²) in [5.74, 6) is 0.280. The summed E-state index contributed by atoms with van der Waals surface area (Å²) >= 11 is 1.82. The predicted molar refractivity (Wildman–Crippen MR) is 89.2 cm³/mol. The second kappa shape index (κ2) is 7.58. The first-order valence-corrected chi connectivity index (χ1v) is 8.36. The van der Waals surface area contributed by atoms with E-state index in [1.807, 2.05) is 16.2 Å². The summed E-state index contributed by atoms with van der Waals surface area (Å²) in [7, 11) is 2.09. The molecule has 0 aromatic carbocycles. The first kappa shape index (κ1) is 16.7. The molecule has 0 bridgehead atoms. The highest BCUT2D eigenvalue weighted by Gasteiger charge is 2.25. The maximum absolute atomic E-state index is 12.5. The van der Waals surface area contributed by atoms with E-state index in [9.17, 15) is 4.79 Å². The molecule has 1 aromatic rings. The van der Waals surface area contributed by atoms with Crippen LogP contribution in [0.4, 0.5) is 0 Å². The molecule has 3 rings (SSSR count). The van der Waals surface area contributed by atoms with Gasteiger partial charge in [0.15, 0.2) is 0 Å². The molecule has 0 aliphatic carbocycles. The van der Waals surface area contributed by atoms with E-state index in [1.165, 1.54) is 10.4 Å². The summed E-state index contributed by atoms with van der Waals surface area (Å²) < 4.78 is 0. The van der Waals surface area contributed by atoms with Gasteiger partial charge in [0.05, 0.1) is 6.54 Å². The van der Waals surface area contributed by atoms with E-state index in [1.54, 1.807) is 0 Å². The van der Waals surface area contributed by atoms with Crippen molar-refractivity contribution in [2.24, 2.45) is 0 Å². The third kappa shape index (κ3) is 3.97. The number of amides is 1. The predicted octanol–water partition coefficient (Wildman–Crippen LogP) is 1.74. The lowest BCUT2D eigenvalue weighted by Crippen LogP contribution is -2.47. The number of carbonyl (C=O) groups is 1. The van der Waals surface area contributed by atoms with Crippen LogP contribution in [0.3, 0.4) is 0 Å². The molecule has 0 unspecified atom stereocenters. The summed E-state index contributed by atoms with van der Waals surface area (Å²) in [6.07, 6.45) is 3.33. The van der Waals surface area contributed by atoms with Crippen molar-refractivity contribution in [3.63, 3.8) is 0 Å². The van der Waals surface area contributed by atoms with Gasteiger partial charge in [0.2, 0.25) is 5.91 Å². The Bertz CT molecular complexity index is 473. The molecule has 4 nitrogen and oxygen atoms in total. The van der Waals surface area contributed by atoms with Crippen molar-refractivity contribution < 1.29 is 4.79 Å². The minimum Gasteiger partial charge on any atom is -0.337 e. The van der Waals surface area contributed by atoms with Crippen LogP contribution in [0.5, 0.6) is 0 Å². The highest BCUT2D eigenvalue weighted by Crippen LogP contribution is 2.24. The molecule has 21 heavy (non-hydrogen) atoms. The summed E-state index contributed by atoms with van der Waals surface area (Å²) in [5.41, 5.74) is 1.35. The van der Waals surface area contributed by atoms with Gasteiger partial charge in [-0.2, -0.15) is 0 Å². The Morgan fingerprint density at radius 2 is 2.24 bits per heavy atom. The molecule has 0 saturated carbocycles. The fraction of sp³-hybridized carbons (Fsp3) is 0.667. The number of rotatable bonds is 3. The molecule has 0 radical (unpaired) electrons. The molecule has 1 amide bonds. The molecule has 1 N–H and O–H groups in total. The van der Waals surface area contributed by atoms with Gasteiger partial charge in [-0.15, -0.1) is 23.7 Å². The molecule has 1 fully saturated rings. The lowest BCUT2D eigenvalue weighted by atomic mass is 10.1. The van der Waals surface area contributed by atoms with E-state index in [-0.39, 0.29) is 18.3 Å². The van der Waals surface area contributed by atoms with Crippen LogP contribution in [0.2, 0.25) is 0 Å². The number of halogens is 1. The smallest absolute Gasteiger partial charge is 0.237 e. The molecular formula is C15H24ClN3OS. The van der Waals surface area contributed by atoms with Crippen LogP contribution in [0.25, 0.3) is 0 Å². The van der Waals surface area contributed by atoms with Gasteiger partial charge in [-0.25, -0.2) is 0 Å². The number of fused-ring (bicyclic) bond motifs is 1. The van der Waals surface area contributed by atoms with Crippen molar-refractivity contribution >= 4 is 29.7 Å². The zero-order valence-corrected chi connectivity index (χ0v) is 14.1. The number of carbonyl (C=O) groups excluding carboxylic acids is 1. The molecule has 2 aliphatic rings. The topological polar surface area (TPSA) is 35.6 Å². The van der Waals surface area contributed by atoms with E-state index in [2.05, 4.69) is 28.7 Å². The number of nitrogens with zero attached hydrogens (tertiary/aromatic N) is 2. The van der Waals surface area contributed by atoms with Crippen molar-refractivity contribution in [3.05, 3.63) is 21.9 Å². The van der Waals surface area contributed by atoms with Crippen LogP contribution in [0.1, 0.15) is 23.3 Å². The van der Waals surface area contributed by atoms with Crippen LogP contribution in [-0.4, -0.2) is 55.0 Å². The van der Waals surface area contributed by atoms with Crippen LogP contribution < -0.4 is 5.32 Å². The van der Waals surface area contributed by atoms with Gasteiger partial charge in [-0.1, -0.05) is 0 Å². The monoisotopic (exact) mass is 329 g/mol. The molecule has 1 saturated heterocycles. The number of likely N-dealkylation sites (N-methyl/N-ethyl adjacent to an activating group) is 1. The van der Waals surface area contributed by atoms with Gasteiger partial charge in [-0.3, -0.25) is 9.69 Å². The minimum absolute atomic E-state index is 0. The maximum atomic E-state index is 12.5. The average Bonchev–Trinajstić information content (AvgIpc) is 2.95. The zero-order valence-electron chi connectivity index (χ0n) is 12.5. The molecular weight excluding hydrogens is 306 g/mol. The van der Waals surface area contributed by atoms with Crippen LogP contribution in [0.15, 0.2) is 11.4 Å². The zero-order chi connectivity index (χ0) is 13.9. The highest BCUT2D eigenvalue weighted by atomic mass is 35.5. The molecule has 3 heterocycles. The summed E-state index contributed by atoms with van der Waals surface area (Å²) in [5, 5.41) is 5.51. The third-order valence-corrected chi connectivity index (χ3v) is 5.50. The van der Waals surface area contributed by atoms with Crippen LogP contribution >= 0.6 is 23.7 Å². The van der Waals surface area contributed by atoms with E-state index < -0.39 is 0 Å². The second-order valence-corrected chi connectivity index (χ2v) is 6.83. The standard InChI is InChI=1S/C15H23N3OS.ClH/c1-17(13-2-6-16-7-3-13)11-15(19)18-8-4-14-12(10-18)5-9-20-14;/h5,9,13,16H,2-4,6-8,10-11H2,1H3;1H. The van der Waals surface area contributed by atoms with Gasteiger partial charge in [-0.05, 0) is 56.4 Å². The molecule has 6 heteroatoms. The van der Waals surface area contributed by atoms with Crippen LogP contribution in [0, 0.1) is 0 Å². The largest absolute Gasteiger partial charge is 0.337 e. The number of thiophene rings is 1. The first-order chi connectivity index (χ1) is 9.74. The van der Waals surface area contributed by atoms with Crippen molar-refractivity contribution in [2.75, 3.05) is 33.2 Å². The lowest BCUT2D eigenvalue weighted by Gasteiger charge is -2.34. The maximum Gasteiger partial charge on any atom is 0.237 e. The van der Waals surface area contributed by atoms with Crippen LogP contribution in [-0.2, 0) is 17.8 Å². The van der Waals surface area contributed by atoms with Crippen molar-refractivity contribution in [2.45, 2.75) is 31.8 Å². The Hall–Kier alpha value is -0.620. The fourth-order valence-electron chi connectivity index (χ4n) is 3.15. The third-order valence-electron chi connectivity index (χ3n) is 4.48. The summed E-state index contributed by atoms with van der Waals surface area (Å²) in [6, 6.07) is 2.72. The van der Waals surface area contributed by atoms with E-state index in [4.69, 9.17) is 0 Å². The van der Waals surface area contributed by atoms with Gasteiger partial charge in [0, 0.05) is 24.0 Å². The number of piperidine rings is 1. The Morgan fingerprint density at radius 3 is 3.00 bits per heavy atom. The molecule has 0 spiro atoms. The SMILES string of the molecule is CN(CC(=O)N1CCc2sccc2C1)C1CCNCC1.Cl. The summed E-state index contributed by atoms with van der Waals surface area (Å²) in [6.45, 7) is 4.39. The number of nitrogens with one attached hydrogen (secondary N) is 1. The van der Waals surface area contributed by atoms with E-state index in [0.29, 0.717) is 12.6 Å². The van der Waals surface area contributed by atoms with E-state index in [0.717, 1.165) is 45.4 Å². The highest BCUT2D eigenvalue weighted by molar-refractivity contribution is 7.10. The van der Waals surface area contributed by atoms with Gasteiger partial charge >= 0.3 is 0 Å². The minimum atomic E-state index is 0. The summed E-state index contributed by atoms with van der Waals surface area (Å²) in [4.78, 5) is 18.2. The Labute approximate surface area is 136 Å². The molecule has 0 atom stereocenters. The van der Waals surface area contributed by atoms with Gasteiger partial charge in [0.1, 0.15) is 0 Å². The quantitative estimate of drug-likeness (QED) is 0.917. The second-order valence-electron chi connectivity index (χ2n) is 5.83. The van der Waals surface area contributed by atoms with Gasteiger partial charge < -0.3 is 10.2 Å². The fourth-order valence-corrected chi connectivity index (χ4v) is 4.04. The Balaban J connectivity index is 0.00000161. The molecule has 1 aromatic heterocycles. The average molecular weight is 330 g/mol.